The van der Waals surface area contributed by atoms with Crippen LogP contribution in [0, 0.1) is 17.1 Å². The van der Waals surface area contributed by atoms with Crippen LogP contribution in [0.4, 0.5) is 4.39 Å². The van der Waals surface area contributed by atoms with Gasteiger partial charge in [0.05, 0.1) is 0 Å². The quantitative estimate of drug-likeness (QED) is 0.363. The Kier molecular flexibility index (Phi) is 6.23. The van der Waals surface area contributed by atoms with E-state index in [0.717, 1.165) is 11.6 Å². The number of pyridine rings is 1. The van der Waals surface area contributed by atoms with Gasteiger partial charge >= 0.3 is 0 Å². The van der Waals surface area contributed by atoms with Crippen molar-refractivity contribution < 1.29 is 13.9 Å². The molecule has 0 saturated heterocycles. The summed E-state index contributed by atoms with van der Waals surface area (Å²) in [7, 11) is 0. The van der Waals surface area contributed by atoms with E-state index in [-0.39, 0.29) is 35.0 Å². The van der Waals surface area contributed by atoms with Crippen LogP contribution in [0.25, 0.3) is 11.7 Å². The number of hydrogen-bond donors (Lipinski definition) is 1. The van der Waals surface area contributed by atoms with Crippen LogP contribution in [0.5, 0.6) is 11.6 Å². The predicted octanol–water partition coefficient (Wildman–Crippen LogP) is 3.85. The average molecular weight is 440 g/mol. The van der Waals surface area contributed by atoms with E-state index in [1.807, 2.05) is 36.4 Å². The van der Waals surface area contributed by atoms with Gasteiger partial charge < -0.3 is 10.1 Å². The highest BCUT2D eigenvalue weighted by Gasteiger charge is 2.18. The van der Waals surface area contributed by atoms with E-state index in [9.17, 15) is 19.2 Å². The molecule has 8 heteroatoms. The van der Waals surface area contributed by atoms with Gasteiger partial charge in [-0.15, -0.1) is 0 Å². The number of nitrogens with one attached hydrogen (secondary N) is 1. The fourth-order valence-electron chi connectivity index (χ4n) is 3.08. The van der Waals surface area contributed by atoms with Crippen molar-refractivity contribution in [3.8, 4) is 17.7 Å². The molecule has 1 N–H and O–H groups in total. The molecule has 0 atom stereocenters. The molecule has 0 bridgehead atoms. The molecule has 0 radical (unpaired) electrons. The van der Waals surface area contributed by atoms with Gasteiger partial charge in [-0.05, 0) is 35.9 Å². The Bertz CT molecular complexity index is 1460. The summed E-state index contributed by atoms with van der Waals surface area (Å²) in [5.41, 5.74) is 0.0557. The maximum absolute atomic E-state index is 14.2. The molecule has 2 heterocycles. The van der Waals surface area contributed by atoms with Crippen molar-refractivity contribution >= 4 is 17.6 Å². The van der Waals surface area contributed by atoms with Gasteiger partial charge in [0.25, 0.3) is 11.5 Å². The first-order chi connectivity index (χ1) is 16.1. The van der Waals surface area contributed by atoms with Gasteiger partial charge in [0.1, 0.15) is 22.9 Å². The van der Waals surface area contributed by atoms with Gasteiger partial charge in [0.15, 0.2) is 11.6 Å². The van der Waals surface area contributed by atoms with Crippen LogP contribution in [0.2, 0.25) is 0 Å². The van der Waals surface area contributed by atoms with Crippen molar-refractivity contribution in [1.82, 2.24) is 14.7 Å². The van der Waals surface area contributed by atoms with Crippen molar-refractivity contribution in [3.63, 3.8) is 0 Å². The molecule has 0 spiro atoms. The molecule has 7 nitrogen and oxygen atoms in total. The van der Waals surface area contributed by atoms with E-state index in [1.165, 1.54) is 28.8 Å². The van der Waals surface area contributed by atoms with E-state index in [1.54, 1.807) is 24.3 Å². The summed E-state index contributed by atoms with van der Waals surface area (Å²) in [6, 6.07) is 21.5. The minimum atomic E-state index is -0.671. The lowest BCUT2D eigenvalue weighted by molar-refractivity contribution is -0.117. The Labute approximate surface area is 188 Å². The molecule has 2 aromatic carbocycles. The molecular weight excluding hydrogens is 423 g/mol. The number of hydrogen-bond acceptors (Lipinski definition) is 5. The highest BCUT2D eigenvalue weighted by atomic mass is 19.1. The zero-order chi connectivity index (χ0) is 23.2. The molecule has 0 aliphatic carbocycles. The number of fused-ring (bicyclic) bond motifs is 1. The van der Waals surface area contributed by atoms with Crippen LogP contribution in [0.15, 0.2) is 89.4 Å². The van der Waals surface area contributed by atoms with E-state index in [0.29, 0.717) is 0 Å². The van der Waals surface area contributed by atoms with Gasteiger partial charge in [-0.25, -0.2) is 4.39 Å². The molecule has 0 unspecified atom stereocenters. The second-order valence-corrected chi connectivity index (χ2v) is 6.94. The van der Waals surface area contributed by atoms with Crippen LogP contribution in [-0.4, -0.2) is 15.3 Å². The molecule has 2 aromatic heterocycles. The van der Waals surface area contributed by atoms with Crippen molar-refractivity contribution in [2.75, 3.05) is 0 Å². The fourth-order valence-corrected chi connectivity index (χ4v) is 3.08. The zero-order valence-corrected chi connectivity index (χ0v) is 17.2. The van der Waals surface area contributed by atoms with E-state index in [4.69, 9.17) is 4.74 Å². The van der Waals surface area contributed by atoms with Crippen molar-refractivity contribution in [3.05, 3.63) is 112 Å². The Morgan fingerprint density at radius 3 is 2.58 bits per heavy atom. The Balaban J connectivity index is 1.75. The maximum atomic E-state index is 14.2. The molecule has 0 aliphatic heterocycles. The number of nitrogens with zero attached hydrogens (tertiary/aromatic N) is 3. The number of amides is 1. The lowest BCUT2D eigenvalue weighted by Crippen LogP contribution is -2.25. The summed E-state index contributed by atoms with van der Waals surface area (Å²) in [5, 5.41) is 12.2. The highest BCUT2D eigenvalue weighted by molar-refractivity contribution is 6.01. The number of para-hydroxylation sites is 1. The Morgan fingerprint density at radius 1 is 1.09 bits per heavy atom. The smallest absolute Gasteiger partial charge is 0.269 e. The number of carbonyl (C=O) groups is 1. The number of rotatable bonds is 6. The summed E-state index contributed by atoms with van der Waals surface area (Å²) in [6.45, 7) is 0.201. The largest absolute Gasteiger partial charge is 0.435 e. The minimum absolute atomic E-state index is 0.147. The van der Waals surface area contributed by atoms with Crippen molar-refractivity contribution in [2.45, 2.75) is 6.54 Å². The predicted molar refractivity (Wildman–Crippen MR) is 120 cm³/mol. The van der Waals surface area contributed by atoms with Gasteiger partial charge in [-0.3, -0.25) is 14.0 Å². The standard InChI is InChI=1S/C25H17FN4O3/c26-20-10-4-5-11-21(20)33-24-19(25(32)30-13-7-6-12-22(30)29-24)14-18(15-27)23(31)28-16-17-8-2-1-3-9-17/h1-14H,16H2,(H,28,31). The molecule has 162 valence electrons. The topological polar surface area (TPSA) is 96.5 Å². The first kappa shape index (κ1) is 21.5. The Hall–Kier alpha value is -4.77. The summed E-state index contributed by atoms with van der Waals surface area (Å²) >= 11 is 0. The average Bonchev–Trinajstić information content (AvgIpc) is 2.84. The first-order valence-electron chi connectivity index (χ1n) is 9.94. The molecule has 0 fully saturated rings. The number of nitriles is 1. The second kappa shape index (κ2) is 9.58. The molecule has 4 rings (SSSR count). The van der Waals surface area contributed by atoms with E-state index >= 15 is 0 Å². The first-order valence-corrected chi connectivity index (χ1v) is 9.94. The van der Waals surface area contributed by atoms with Gasteiger partial charge in [-0.2, -0.15) is 10.2 Å². The lowest BCUT2D eigenvalue weighted by atomic mass is 10.1. The van der Waals surface area contributed by atoms with Gasteiger partial charge in [-0.1, -0.05) is 48.5 Å². The van der Waals surface area contributed by atoms with Crippen LogP contribution in [0.1, 0.15) is 11.1 Å². The normalized spacial score (nSPS) is 11.1. The molecule has 1 amide bonds. The monoisotopic (exact) mass is 440 g/mol. The van der Waals surface area contributed by atoms with E-state index < -0.39 is 17.3 Å². The molecular formula is C25H17FN4O3. The number of aromatic nitrogens is 2. The van der Waals surface area contributed by atoms with E-state index in [2.05, 4.69) is 10.3 Å². The zero-order valence-electron chi connectivity index (χ0n) is 17.2. The van der Waals surface area contributed by atoms with Gasteiger partial charge in [0, 0.05) is 12.7 Å². The summed E-state index contributed by atoms with van der Waals surface area (Å²) < 4.78 is 21.0. The molecule has 33 heavy (non-hydrogen) atoms. The summed E-state index contributed by atoms with van der Waals surface area (Å²) in [5.74, 6) is -1.69. The third kappa shape index (κ3) is 4.78. The van der Waals surface area contributed by atoms with Crippen LogP contribution < -0.4 is 15.6 Å². The molecule has 4 aromatic rings. The number of benzene rings is 2. The lowest BCUT2D eigenvalue weighted by Gasteiger charge is -2.11. The second-order valence-electron chi connectivity index (χ2n) is 6.94. The fraction of sp³-hybridized carbons (Fsp3) is 0.0400. The SMILES string of the molecule is N#CC(=Cc1c(Oc2ccccc2F)nc2ccccn2c1=O)C(=O)NCc1ccccc1. The van der Waals surface area contributed by atoms with Crippen LogP contribution in [-0.2, 0) is 11.3 Å². The van der Waals surface area contributed by atoms with Crippen LogP contribution >= 0.6 is 0 Å². The Morgan fingerprint density at radius 2 is 1.82 bits per heavy atom. The highest BCUT2D eigenvalue weighted by Crippen LogP contribution is 2.26. The third-order valence-electron chi connectivity index (χ3n) is 4.73. The number of carbonyl (C=O) groups excluding carboxylic acids is 1. The minimum Gasteiger partial charge on any atom is -0.435 e. The van der Waals surface area contributed by atoms with Crippen LogP contribution in [0.3, 0.4) is 0 Å². The van der Waals surface area contributed by atoms with Gasteiger partial charge in [0.2, 0.25) is 5.88 Å². The number of halogens is 1. The molecule has 0 saturated carbocycles. The summed E-state index contributed by atoms with van der Waals surface area (Å²) in [4.78, 5) is 30.1. The summed E-state index contributed by atoms with van der Waals surface area (Å²) in [6.07, 6.45) is 2.60. The van der Waals surface area contributed by atoms with Crippen molar-refractivity contribution in [1.29, 1.82) is 5.26 Å². The van der Waals surface area contributed by atoms with Crippen molar-refractivity contribution in [2.24, 2.45) is 0 Å². The molecule has 0 aliphatic rings. The number of ether oxygens (including phenoxy) is 1. The maximum Gasteiger partial charge on any atom is 0.269 e. The third-order valence-corrected chi connectivity index (χ3v) is 4.73.